The summed E-state index contributed by atoms with van der Waals surface area (Å²) in [4.78, 5) is 2.06. The first-order valence-electron chi connectivity index (χ1n) is 5.08. The normalized spacial score (nSPS) is 10.7. The molecule has 88 valence electrons. The van der Waals surface area contributed by atoms with Crippen LogP contribution in [0.25, 0.3) is 0 Å². The van der Waals surface area contributed by atoms with Crippen molar-refractivity contribution in [3.05, 3.63) is 35.3 Å². The Kier molecular flexibility index (Phi) is 3.66. The standard InChI is InChI=1S/C11H13N5S/c1-16(2)10-5-3-9(4-6-10)7-12-14-11-15-13-8-17-11/h3-8H,1-2H3,(H,14,15). The maximum atomic E-state index is 4.08. The van der Waals surface area contributed by atoms with Crippen LogP contribution >= 0.6 is 11.3 Å². The van der Waals surface area contributed by atoms with Crippen LogP contribution in [0.2, 0.25) is 0 Å². The first-order chi connectivity index (χ1) is 8.25. The van der Waals surface area contributed by atoms with Gasteiger partial charge in [-0.15, -0.1) is 10.2 Å². The lowest BCUT2D eigenvalue weighted by Crippen LogP contribution is -2.08. The molecule has 0 aliphatic heterocycles. The lowest BCUT2D eigenvalue weighted by molar-refractivity contribution is 1.08. The highest BCUT2D eigenvalue weighted by Gasteiger charge is 1.94. The predicted molar refractivity (Wildman–Crippen MR) is 71.9 cm³/mol. The molecule has 2 aromatic rings. The second kappa shape index (κ2) is 5.40. The average Bonchev–Trinajstić information content (AvgIpc) is 2.83. The molecule has 0 unspecified atom stereocenters. The molecule has 0 saturated carbocycles. The van der Waals surface area contributed by atoms with Gasteiger partial charge in [0, 0.05) is 19.8 Å². The van der Waals surface area contributed by atoms with Crippen molar-refractivity contribution in [3.63, 3.8) is 0 Å². The zero-order chi connectivity index (χ0) is 12.1. The minimum Gasteiger partial charge on any atom is -0.378 e. The van der Waals surface area contributed by atoms with Crippen molar-refractivity contribution in [1.82, 2.24) is 10.2 Å². The van der Waals surface area contributed by atoms with E-state index >= 15 is 0 Å². The minimum atomic E-state index is 0.686. The number of hydrazone groups is 1. The number of anilines is 2. The predicted octanol–water partition coefficient (Wildman–Crippen LogP) is 2.05. The van der Waals surface area contributed by atoms with Gasteiger partial charge in [0.1, 0.15) is 5.51 Å². The van der Waals surface area contributed by atoms with E-state index in [0.29, 0.717) is 5.13 Å². The van der Waals surface area contributed by atoms with Gasteiger partial charge in [-0.2, -0.15) is 5.10 Å². The van der Waals surface area contributed by atoms with E-state index in [1.807, 2.05) is 38.4 Å². The van der Waals surface area contributed by atoms with Crippen molar-refractivity contribution in [2.45, 2.75) is 0 Å². The number of hydrogen-bond acceptors (Lipinski definition) is 6. The lowest BCUT2D eigenvalue weighted by Gasteiger charge is -2.11. The van der Waals surface area contributed by atoms with Gasteiger partial charge in [0.25, 0.3) is 0 Å². The first-order valence-corrected chi connectivity index (χ1v) is 5.96. The van der Waals surface area contributed by atoms with Gasteiger partial charge < -0.3 is 4.90 Å². The fourth-order valence-corrected chi connectivity index (χ4v) is 1.64. The molecule has 5 nitrogen and oxygen atoms in total. The zero-order valence-corrected chi connectivity index (χ0v) is 10.5. The molecule has 1 aromatic carbocycles. The Morgan fingerprint density at radius 1 is 1.29 bits per heavy atom. The SMILES string of the molecule is CN(C)c1ccc(C=NNc2nncs2)cc1. The molecule has 0 radical (unpaired) electrons. The molecule has 2 rings (SSSR count). The summed E-state index contributed by atoms with van der Waals surface area (Å²) in [5.41, 5.74) is 6.67. The fourth-order valence-electron chi connectivity index (χ4n) is 1.24. The summed E-state index contributed by atoms with van der Waals surface area (Å²) in [6.45, 7) is 0. The van der Waals surface area contributed by atoms with Gasteiger partial charge in [0.15, 0.2) is 0 Å². The molecule has 0 spiro atoms. The summed E-state index contributed by atoms with van der Waals surface area (Å²) in [5.74, 6) is 0. The molecule has 0 saturated heterocycles. The second-order valence-corrected chi connectivity index (χ2v) is 4.43. The molecule has 17 heavy (non-hydrogen) atoms. The molecule has 1 aromatic heterocycles. The quantitative estimate of drug-likeness (QED) is 0.663. The first kappa shape index (κ1) is 11.5. The van der Waals surface area contributed by atoms with Crippen LogP contribution in [0, 0.1) is 0 Å². The van der Waals surface area contributed by atoms with Gasteiger partial charge in [0.05, 0.1) is 6.21 Å². The van der Waals surface area contributed by atoms with Gasteiger partial charge in [-0.1, -0.05) is 23.5 Å². The number of rotatable bonds is 4. The van der Waals surface area contributed by atoms with Crippen LogP contribution in [0.5, 0.6) is 0 Å². The van der Waals surface area contributed by atoms with Crippen molar-refractivity contribution in [2.75, 3.05) is 24.4 Å². The van der Waals surface area contributed by atoms with Crippen LogP contribution in [0.3, 0.4) is 0 Å². The Balaban J connectivity index is 1.96. The number of aromatic nitrogens is 2. The minimum absolute atomic E-state index is 0.686. The third-order valence-corrected chi connectivity index (χ3v) is 2.74. The van der Waals surface area contributed by atoms with Gasteiger partial charge in [-0.05, 0) is 17.7 Å². The summed E-state index contributed by atoms with van der Waals surface area (Å²) < 4.78 is 0. The second-order valence-electron chi connectivity index (χ2n) is 3.60. The number of hydrogen-bond donors (Lipinski definition) is 1. The van der Waals surface area contributed by atoms with E-state index in [4.69, 9.17) is 0 Å². The van der Waals surface area contributed by atoms with Crippen LogP contribution in [-0.2, 0) is 0 Å². The van der Waals surface area contributed by atoms with Gasteiger partial charge >= 0.3 is 0 Å². The van der Waals surface area contributed by atoms with E-state index in [-0.39, 0.29) is 0 Å². The van der Waals surface area contributed by atoms with E-state index in [1.54, 1.807) is 11.7 Å². The molecular weight excluding hydrogens is 234 g/mol. The largest absolute Gasteiger partial charge is 0.378 e. The van der Waals surface area contributed by atoms with E-state index in [1.165, 1.54) is 17.0 Å². The monoisotopic (exact) mass is 247 g/mol. The molecule has 0 fully saturated rings. The Labute approximate surface area is 104 Å². The Hall–Kier alpha value is -1.95. The van der Waals surface area contributed by atoms with E-state index in [2.05, 4.69) is 25.6 Å². The maximum Gasteiger partial charge on any atom is 0.225 e. The van der Waals surface area contributed by atoms with Crippen molar-refractivity contribution >= 4 is 28.4 Å². The molecule has 0 amide bonds. The molecule has 0 bridgehead atoms. The van der Waals surface area contributed by atoms with Crippen LogP contribution in [0.1, 0.15) is 5.56 Å². The highest BCUT2D eigenvalue weighted by atomic mass is 32.1. The summed E-state index contributed by atoms with van der Waals surface area (Å²) in [6, 6.07) is 8.12. The molecule has 0 atom stereocenters. The highest BCUT2D eigenvalue weighted by Crippen LogP contribution is 2.11. The Morgan fingerprint density at radius 2 is 2.06 bits per heavy atom. The summed E-state index contributed by atoms with van der Waals surface area (Å²) >= 11 is 1.41. The molecule has 1 heterocycles. The topological polar surface area (TPSA) is 53.4 Å². The van der Waals surface area contributed by atoms with Gasteiger partial charge in [-0.3, -0.25) is 5.43 Å². The third-order valence-electron chi connectivity index (χ3n) is 2.14. The van der Waals surface area contributed by atoms with Crippen LogP contribution in [0.15, 0.2) is 34.9 Å². The molecule has 1 N–H and O–H groups in total. The molecule has 6 heteroatoms. The molecular formula is C11H13N5S. The van der Waals surface area contributed by atoms with Crippen molar-refractivity contribution in [3.8, 4) is 0 Å². The number of nitrogens with zero attached hydrogens (tertiary/aromatic N) is 4. The Morgan fingerprint density at radius 3 is 2.65 bits per heavy atom. The maximum absolute atomic E-state index is 4.08. The van der Waals surface area contributed by atoms with Gasteiger partial charge in [0.2, 0.25) is 5.13 Å². The van der Waals surface area contributed by atoms with E-state index < -0.39 is 0 Å². The van der Waals surface area contributed by atoms with Crippen LogP contribution < -0.4 is 10.3 Å². The van der Waals surface area contributed by atoms with Crippen molar-refractivity contribution in [2.24, 2.45) is 5.10 Å². The number of nitrogens with one attached hydrogen (secondary N) is 1. The lowest BCUT2D eigenvalue weighted by atomic mass is 10.2. The fraction of sp³-hybridized carbons (Fsp3) is 0.182. The van der Waals surface area contributed by atoms with Crippen molar-refractivity contribution in [1.29, 1.82) is 0 Å². The summed E-state index contributed by atoms with van der Waals surface area (Å²) in [7, 11) is 4.03. The molecule has 0 aliphatic carbocycles. The average molecular weight is 247 g/mol. The highest BCUT2D eigenvalue weighted by molar-refractivity contribution is 7.13. The smallest absolute Gasteiger partial charge is 0.225 e. The van der Waals surface area contributed by atoms with Gasteiger partial charge in [-0.25, -0.2) is 0 Å². The summed E-state index contributed by atoms with van der Waals surface area (Å²) in [6.07, 6.45) is 1.75. The van der Waals surface area contributed by atoms with E-state index in [0.717, 1.165) is 5.56 Å². The number of benzene rings is 1. The third kappa shape index (κ3) is 3.25. The molecule has 0 aliphatic rings. The van der Waals surface area contributed by atoms with Crippen LogP contribution in [-0.4, -0.2) is 30.5 Å². The Bertz CT molecular complexity index is 475. The van der Waals surface area contributed by atoms with Crippen LogP contribution in [0.4, 0.5) is 10.8 Å². The zero-order valence-electron chi connectivity index (χ0n) is 9.66. The summed E-state index contributed by atoms with van der Waals surface area (Å²) in [5, 5.41) is 12.3. The van der Waals surface area contributed by atoms with Crippen molar-refractivity contribution < 1.29 is 0 Å². The van der Waals surface area contributed by atoms with E-state index in [9.17, 15) is 0 Å².